The van der Waals surface area contributed by atoms with Crippen LogP contribution in [0.25, 0.3) is 0 Å². The Labute approximate surface area is 182 Å². The summed E-state index contributed by atoms with van der Waals surface area (Å²) in [6, 6.07) is 15.6. The van der Waals surface area contributed by atoms with Crippen LogP contribution in [0.1, 0.15) is 54.0 Å². The highest BCUT2D eigenvalue weighted by Gasteiger charge is 2.54. The van der Waals surface area contributed by atoms with Crippen LogP contribution in [0, 0.1) is 0 Å². The van der Waals surface area contributed by atoms with Crippen molar-refractivity contribution >= 4 is 11.9 Å². The van der Waals surface area contributed by atoms with Gasteiger partial charge in [-0.05, 0) is 60.8 Å². The molecule has 0 bridgehead atoms. The zero-order valence-corrected chi connectivity index (χ0v) is 17.5. The number of fused-ring (bicyclic) bond motifs is 3. The number of benzene rings is 2. The van der Waals surface area contributed by atoms with E-state index in [1.54, 1.807) is 0 Å². The van der Waals surface area contributed by atoms with Crippen LogP contribution in [0.4, 0.5) is 4.79 Å². The number of carbonyl (C=O) groups is 2. The van der Waals surface area contributed by atoms with E-state index in [4.69, 9.17) is 4.74 Å². The van der Waals surface area contributed by atoms with Gasteiger partial charge in [0.15, 0.2) is 0 Å². The van der Waals surface area contributed by atoms with Crippen molar-refractivity contribution in [2.45, 2.75) is 56.3 Å². The molecule has 3 atom stereocenters. The molecule has 2 aromatic carbocycles. The number of nitrogens with zero attached hydrogens (tertiary/aromatic N) is 1. The summed E-state index contributed by atoms with van der Waals surface area (Å²) in [4.78, 5) is 27.2. The third-order valence-electron chi connectivity index (χ3n) is 6.85. The molecule has 6 heteroatoms. The van der Waals surface area contributed by atoms with E-state index < -0.39 is 17.7 Å². The van der Waals surface area contributed by atoms with Crippen molar-refractivity contribution in [2.24, 2.45) is 0 Å². The number of amides is 3. The smallest absolute Gasteiger partial charge is 0.325 e. The number of rotatable bonds is 5. The number of aliphatic hydroxyl groups is 1. The first kappa shape index (κ1) is 20.2. The van der Waals surface area contributed by atoms with Crippen LogP contribution < -0.4 is 5.32 Å². The molecular formula is C25H28N2O4. The van der Waals surface area contributed by atoms with E-state index in [2.05, 4.69) is 17.4 Å². The molecule has 31 heavy (non-hydrogen) atoms. The van der Waals surface area contributed by atoms with Crippen molar-refractivity contribution in [1.82, 2.24) is 10.2 Å². The summed E-state index contributed by atoms with van der Waals surface area (Å²) >= 11 is 0. The summed E-state index contributed by atoms with van der Waals surface area (Å²) in [5, 5.41) is 13.5. The Morgan fingerprint density at radius 1 is 1.06 bits per heavy atom. The first-order valence-electron chi connectivity index (χ1n) is 11.2. The summed E-state index contributed by atoms with van der Waals surface area (Å²) in [5.74, 6) is -0.272. The van der Waals surface area contributed by atoms with Crippen molar-refractivity contribution in [3.63, 3.8) is 0 Å². The summed E-state index contributed by atoms with van der Waals surface area (Å²) in [6.45, 7) is 0.0165. The Morgan fingerprint density at radius 2 is 1.81 bits per heavy atom. The first-order chi connectivity index (χ1) is 15.1. The van der Waals surface area contributed by atoms with Gasteiger partial charge in [-0.25, -0.2) is 4.79 Å². The molecule has 162 valence electrons. The second kappa shape index (κ2) is 8.09. The van der Waals surface area contributed by atoms with Crippen LogP contribution in [-0.2, 0) is 27.9 Å². The second-order valence-electron chi connectivity index (χ2n) is 8.83. The molecular weight excluding hydrogens is 392 g/mol. The minimum Gasteiger partial charge on any atom is -0.389 e. The zero-order valence-electron chi connectivity index (χ0n) is 17.5. The van der Waals surface area contributed by atoms with Crippen LogP contribution in [-0.4, -0.2) is 41.2 Å². The van der Waals surface area contributed by atoms with Gasteiger partial charge in [0, 0.05) is 0 Å². The van der Waals surface area contributed by atoms with Crippen molar-refractivity contribution in [3.8, 4) is 0 Å². The van der Waals surface area contributed by atoms with Gasteiger partial charge >= 0.3 is 6.03 Å². The molecule has 1 heterocycles. The largest absolute Gasteiger partial charge is 0.389 e. The number of aryl methyl sites for hydroxylation is 2. The molecule has 0 saturated carbocycles. The Bertz CT molecular complexity index is 1010. The second-order valence-corrected chi connectivity index (χ2v) is 8.83. The maximum Gasteiger partial charge on any atom is 0.325 e. The van der Waals surface area contributed by atoms with Gasteiger partial charge in [-0.2, -0.15) is 0 Å². The maximum absolute atomic E-state index is 13.4. The van der Waals surface area contributed by atoms with Crippen molar-refractivity contribution in [3.05, 3.63) is 70.8 Å². The van der Waals surface area contributed by atoms with Gasteiger partial charge in [-0.3, -0.25) is 9.69 Å². The van der Waals surface area contributed by atoms with Gasteiger partial charge in [0.05, 0.1) is 25.4 Å². The van der Waals surface area contributed by atoms with Gasteiger partial charge in [0.25, 0.3) is 5.91 Å². The minimum absolute atomic E-state index is 0.0562. The van der Waals surface area contributed by atoms with Crippen molar-refractivity contribution in [2.75, 3.05) is 13.2 Å². The average Bonchev–Trinajstić information content (AvgIpc) is 3.02. The van der Waals surface area contributed by atoms with Crippen LogP contribution in [0.5, 0.6) is 0 Å². The van der Waals surface area contributed by atoms with E-state index in [0.717, 1.165) is 48.1 Å². The third kappa shape index (κ3) is 3.54. The Hall–Kier alpha value is -2.70. The molecule has 0 radical (unpaired) electrons. The van der Waals surface area contributed by atoms with Crippen LogP contribution in [0.15, 0.2) is 48.5 Å². The molecule has 3 aliphatic rings. The predicted molar refractivity (Wildman–Crippen MR) is 115 cm³/mol. The normalized spacial score (nSPS) is 25.8. The molecule has 0 aromatic heterocycles. The van der Waals surface area contributed by atoms with E-state index in [0.29, 0.717) is 6.42 Å². The van der Waals surface area contributed by atoms with Crippen LogP contribution >= 0.6 is 0 Å². The lowest BCUT2D eigenvalue weighted by Gasteiger charge is -2.33. The van der Waals surface area contributed by atoms with Crippen molar-refractivity contribution in [1.29, 1.82) is 0 Å². The summed E-state index contributed by atoms with van der Waals surface area (Å²) in [6.07, 6.45) is 4.34. The van der Waals surface area contributed by atoms with E-state index >= 15 is 0 Å². The summed E-state index contributed by atoms with van der Waals surface area (Å²) in [5.41, 5.74) is 3.44. The standard InChI is InChI=1S/C25H28N2O4/c28-19(16-31-22-13-5-9-17-7-1-3-11-20(17)22)15-27-23(29)25(26-24(27)30)14-6-10-18-8-2-4-12-21(18)25/h1-4,7-8,11-12,19,22,28H,5-6,9-10,13-16H2,(H,26,30)/t19-,22+,25-/m0/s1. The molecule has 2 aliphatic carbocycles. The van der Waals surface area contributed by atoms with E-state index in [9.17, 15) is 14.7 Å². The SMILES string of the molecule is O=C1N[C@]2(CCCc3ccccc32)C(=O)N1C[C@H](O)CO[C@@H]1CCCc2ccccc21. The predicted octanol–water partition coefficient (Wildman–Crippen LogP) is 3.23. The summed E-state index contributed by atoms with van der Waals surface area (Å²) in [7, 11) is 0. The number of aliphatic hydroxyl groups excluding tert-OH is 1. The van der Waals surface area contributed by atoms with Gasteiger partial charge < -0.3 is 15.2 Å². The van der Waals surface area contributed by atoms with Gasteiger partial charge in [0.2, 0.25) is 0 Å². The highest BCUT2D eigenvalue weighted by Crippen LogP contribution is 2.40. The fraction of sp³-hybridized carbons (Fsp3) is 0.440. The Kier molecular flexibility index (Phi) is 5.28. The van der Waals surface area contributed by atoms with Crippen LogP contribution in [0.2, 0.25) is 0 Å². The Balaban J connectivity index is 1.26. The highest BCUT2D eigenvalue weighted by molar-refractivity contribution is 6.07. The lowest BCUT2D eigenvalue weighted by Crippen LogP contribution is -2.47. The zero-order chi connectivity index (χ0) is 21.4. The lowest BCUT2D eigenvalue weighted by molar-refractivity contribution is -0.133. The van der Waals surface area contributed by atoms with Gasteiger partial charge in [-0.15, -0.1) is 0 Å². The number of hydrogen-bond acceptors (Lipinski definition) is 4. The molecule has 1 fully saturated rings. The van der Waals surface area contributed by atoms with Gasteiger partial charge in [-0.1, -0.05) is 48.5 Å². The monoisotopic (exact) mass is 420 g/mol. The van der Waals surface area contributed by atoms with E-state index in [1.807, 2.05) is 36.4 Å². The lowest BCUT2D eigenvalue weighted by atomic mass is 9.76. The summed E-state index contributed by atoms with van der Waals surface area (Å²) < 4.78 is 6.03. The number of β-amino-alcohol motifs (C(OH)–C–C–N with tert-alkyl or cyclic N) is 1. The molecule has 1 saturated heterocycles. The number of hydrogen-bond donors (Lipinski definition) is 2. The maximum atomic E-state index is 13.4. The van der Waals surface area contributed by atoms with Crippen LogP contribution in [0.3, 0.4) is 0 Å². The topological polar surface area (TPSA) is 78.9 Å². The highest BCUT2D eigenvalue weighted by atomic mass is 16.5. The molecule has 1 aliphatic heterocycles. The number of nitrogens with one attached hydrogen (secondary N) is 1. The van der Waals surface area contributed by atoms with Gasteiger partial charge in [0.1, 0.15) is 5.54 Å². The van der Waals surface area contributed by atoms with Crippen molar-refractivity contribution < 1.29 is 19.4 Å². The average molecular weight is 421 g/mol. The molecule has 5 rings (SSSR count). The number of urea groups is 1. The molecule has 6 nitrogen and oxygen atoms in total. The quantitative estimate of drug-likeness (QED) is 0.728. The molecule has 2 N–H and O–H groups in total. The minimum atomic E-state index is -1.01. The fourth-order valence-electron chi connectivity index (χ4n) is 5.35. The van der Waals surface area contributed by atoms with E-state index in [1.165, 1.54) is 11.1 Å². The number of imide groups is 1. The fourth-order valence-corrected chi connectivity index (χ4v) is 5.35. The van der Waals surface area contributed by atoms with E-state index in [-0.39, 0.29) is 25.2 Å². The number of carbonyl (C=O) groups excluding carboxylic acids is 2. The molecule has 0 unspecified atom stereocenters. The third-order valence-corrected chi connectivity index (χ3v) is 6.85. The molecule has 3 amide bonds. The molecule has 2 aromatic rings. The first-order valence-corrected chi connectivity index (χ1v) is 11.2. The Morgan fingerprint density at radius 3 is 2.68 bits per heavy atom. The molecule has 1 spiro atoms. The number of ether oxygens (including phenoxy) is 1.